The number of amides is 1. The van der Waals surface area contributed by atoms with E-state index in [1.807, 2.05) is 30.3 Å². The third kappa shape index (κ3) is 4.63. The first-order valence-corrected chi connectivity index (χ1v) is 8.60. The molecular formula is C19H21N3OS. The number of carbonyl (C=O) groups excluding carboxylic acids is 1. The van der Waals surface area contributed by atoms with Crippen LogP contribution in [0.3, 0.4) is 0 Å². The fourth-order valence-electron chi connectivity index (χ4n) is 2.82. The van der Waals surface area contributed by atoms with Crippen molar-refractivity contribution in [2.45, 2.75) is 19.4 Å². The molecule has 1 aliphatic heterocycles. The van der Waals surface area contributed by atoms with E-state index < -0.39 is 0 Å². The third-order valence-electron chi connectivity index (χ3n) is 4.08. The predicted molar refractivity (Wildman–Crippen MR) is 101 cm³/mol. The second-order valence-corrected chi connectivity index (χ2v) is 6.36. The Hall–Kier alpha value is -2.24. The molecule has 0 aromatic heterocycles. The second-order valence-electron chi connectivity index (χ2n) is 5.95. The molecule has 1 fully saturated rings. The molecule has 0 radical (unpaired) electrons. The van der Waals surface area contributed by atoms with Gasteiger partial charge in [-0.25, -0.2) is 0 Å². The number of carbonyl (C=O) groups is 1. The van der Waals surface area contributed by atoms with Crippen LogP contribution in [0.4, 0.5) is 5.69 Å². The molecule has 2 N–H and O–H groups in total. The van der Waals surface area contributed by atoms with E-state index in [9.17, 15) is 4.79 Å². The lowest BCUT2D eigenvalue weighted by molar-refractivity contribution is 0.0977. The lowest BCUT2D eigenvalue weighted by Crippen LogP contribution is -2.34. The van der Waals surface area contributed by atoms with Gasteiger partial charge in [0.2, 0.25) is 0 Å². The SMILES string of the molecule is O=C(NC(=S)Nc1ccc(CN2CCCC2)cc1)c1ccccc1. The van der Waals surface area contributed by atoms with Crippen molar-refractivity contribution < 1.29 is 4.79 Å². The van der Waals surface area contributed by atoms with Crippen LogP contribution in [0.15, 0.2) is 54.6 Å². The second kappa shape index (κ2) is 8.04. The normalized spacial score (nSPS) is 14.3. The molecule has 1 aliphatic rings. The maximum absolute atomic E-state index is 12.0. The zero-order valence-electron chi connectivity index (χ0n) is 13.5. The van der Waals surface area contributed by atoms with Crippen molar-refractivity contribution in [3.05, 3.63) is 65.7 Å². The molecule has 5 heteroatoms. The number of likely N-dealkylation sites (tertiary alicyclic amines) is 1. The Morgan fingerprint density at radius 3 is 2.33 bits per heavy atom. The Morgan fingerprint density at radius 2 is 1.67 bits per heavy atom. The van der Waals surface area contributed by atoms with Gasteiger partial charge >= 0.3 is 0 Å². The molecule has 0 saturated carbocycles. The number of benzene rings is 2. The molecule has 1 heterocycles. The van der Waals surface area contributed by atoms with Crippen LogP contribution in [-0.2, 0) is 6.54 Å². The number of thiocarbonyl (C=S) groups is 1. The van der Waals surface area contributed by atoms with E-state index in [1.165, 1.54) is 31.5 Å². The van der Waals surface area contributed by atoms with E-state index in [1.54, 1.807) is 12.1 Å². The van der Waals surface area contributed by atoms with Crippen LogP contribution >= 0.6 is 12.2 Å². The first kappa shape index (κ1) is 16.6. The van der Waals surface area contributed by atoms with E-state index >= 15 is 0 Å². The molecule has 0 aliphatic carbocycles. The third-order valence-corrected chi connectivity index (χ3v) is 4.28. The summed E-state index contributed by atoms with van der Waals surface area (Å²) in [6, 6.07) is 17.2. The summed E-state index contributed by atoms with van der Waals surface area (Å²) in [5.41, 5.74) is 2.75. The summed E-state index contributed by atoms with van der Waals surface area (Å²) in [6.45, 7) is 3.38. The van der Waals surface area contributed by atoms with Gasteiger partial charge in [0.15, 0.2) is 5.11 Å². The first-order chi connectivity index (χ1) is 11.7. The quantitative estimate of drug-likeness (QED) is 0.838. The lowest BCUT2D eigenvalue weighted by atomic mass is 10.2. The van der Waals surface area contributed by atoms with Gasteiger partial charge in [-0.1, -0.05) is 30.3 Å². The number of nitrogens with zero attached hydrogens (tertiary/aromatic N) is 1. The van der Waals surface area contributed by atoms with Gasteiger partial charge in [0, 0.05) is 17.8 Å². The number of rotatable bonds is 4. The first-order valence-electron chi connectivity index (χ1n) is 8.19. The molecule has 3 rings (SSSR count). The standard InChI is InChI=1S/C19H21N3OS/c23-18(16-6-2-1-3-7-16)21-19(24)20-17-10-8-15(9-11-17)14-22-12-4-5-13-22/h1-3,6-11H,4-5,12-14H2,(H2,20,21,23,24). The van der Waals surface area contributed by atoms with Crippen molar-refractivity contribution in [2.75, 3.05) is 18.4 Å². The fraction of sp³-hybridized carbons (Fsp3) is 0.263. The zero-order chi connectivity index (χ0) is 16.8. The molecule has 0 bridgehead atoms. The molecule has 0 atom stereocenters. The number of anilines is 1. The van der Waals surface area contributed by atoms with Crippen LogP contribution in [0, 0.1) is 0 Å². The molecule has 2 aromatic rings. The van der Waals surface area contributed by atoms with Gasteiger partial charge in [0.05, 0.1) is 0 Å². The summed E-state index contributed by atoms with van der Waals surface area (Å²) in [7, 11) is 0. The van der Waals surface area contributed by atoms with Crippen molar-refractivity contribution in [2.24, 2.45) is 0 Å². The van der Waals surface area contributed by atoms with Crippen LogP contribution in [0.2, 0.25) is 0 Å². The molecular weight excluding hydrogens is 318 g/mol. The van der Waals surface area contributed by atoms with Crippen LogP contribution in [-0.4, -0.2) is 29.0 Å². The Labute approximate surface area is 147 Å². The lowest BCUT2D eigenvalue weighted by Gasteiger charge is -2.15. The summed E-state index contributed by atoms with van der Waals surface area (Å²) in [5, 5.41) is 6.04. The van der Waals surface area contributed by atoms with Crippen molar-refractivity contribution in [3.63, 3.8) is 0 Å². The van der Waals surface area contributed by atoms with E-state index in [0.29, 0.717) is 10.7 Å². The monoisotopic (exact) mass is 339 g/mol. The average Bonchev–Trinajstić information content (AvgIpc) is 3.10. The highest BCUT2D eigenvalue weighted by molar-refractivity contribution is 7.80. The minimum absolute atomic E-state index is 0.209. The zero-order valence-corrected chi connectivity index (χ0v) is 14.3. The highest BCUT2D eigenvalue weighted by Crippen LogP contribution is 2.15. The van der Waals surface area contributed by atoms with Crippen LogP contribution in [0.1, 0.15) is 28.8 Å². The Morgan fingerprint density at radius 1 is 1.00 bits per heavy atom. The van der Waals surface area contributed by atoms with Gasteiger partial charge in [-0.2, -0.15) is 0 Å². The summed E-state index contributed by atoms with van der Waals surface area (Å²) < 4.78 is 0. The van der Waals surface area contributed by atoms with Crippen molar-refractivity contribution >= 4 is 28.9 Å². The Kier molecular flexibility index (Phi) is 5.56. The van der Waals surface area contributed by atoms with Gasteiger partial charge < -0.3 is 5.32 Å². The van der Waals surface area contributed by atoms with E-state index in [-0.39, 0.29) is 5.91 Å². The largest absolute Gasteiger partial charge is 0.332 e. The van der Waals surface area contributed by atoms with Crippen LogP contribution in [0.5, 0.6) is 0 Å². The van der Waals surface area contributed by atoms with Gasteiger partial charge in [0.1, 0.15) is 0 Å². The highest BCUT2D eigenvalue weighted by Gasteiger charge is 2.11. The highest BCUT2D eigenvalue weighted by atomic mass is 32.1. The van der Waals surface area contributed by atoms with Crippen molar-refractivity contribution in [3.8, 4) is 0 Å². The van der Waals surface area contributed by atoms with Crippen LogP contribution < -0.4 is 10.6 Å². The molecule has 0 spiro atoms. The van der Waals surface area contributed by atoms with Gasteiger partial charge in [0.25, 0.3) is 5.91 Å². The van der Waals surface area contributed by atoms with Crippen LogP contribution in [0.25, 0.3) is 0 Å². The summed E-state index contributed by atoms with van der Waals surface area (Å²) in [6.07, 6.45) is 2.60. The topological polar surface area (TPSA) is 44.4 Å². The van der Waals surface area contributed by atoms with Gasteiger partial charge in [-0.3, -0.25) is 15.0 Å². The summed E-state index contributed by atoms with van der Waals surface area (Å²) in [5.74, 6) is -0.209. The number of hydrogen-bond acceptors (Lipinski definition) is 3. The molecule has 1 amide bonds. The van der Waals surface area contributed by atoms with Gasteiger partial charge in [-0.05, 0) is 68.0 Å². The number of hydrogen-bond donors (Lipinski definition) is 2. The van der Waals surface area contributed by atoms with Crippen molar-refractivity contribution in [1.82, 2.24) is 10.2 Å². The minimum atomic E-state index is -0.209. The molecule has 4 nitrogen and oxygen atoms in total. The Balaban J connectivity index is 1.51. The fourth-order valence-corrected chi connectivity index (χ4v) is 3.03. The molecule has 0 unspecified atom stereocenters. The smallest absolute Gasteiger partial charge is 0.257 e. The maximum atomic E-state index is 12.0. The summed E-state index contributed by atoms with van der Waals surface area (Å²) in [4.78, 5) is 14.5. The summed E-state index contributed by atoms with van der Waals surface area (Å²) >= 11 is 5.21. The molecule has 2 aromatic carbocycles. The van der Waals surface area contributed by atoms with Gasteiger partial charge in [-0.15, -0.1) is 0 Å². The van der Waals surface area contributed by atoms with Crippen molar-refractivity contribution in [1.29, 1.82) is 0 Å². The van der Waals surface area contributed by atoms with E-state index in [0.717, 1.165) is 12.2 Å². The van der Waals surface area contributed by atoms with E-state index in [2.05, 4.69) is 27.7 Å². The molecule has 1 saturated heterocycles. The maximum Gasteiger partial charge on any atom is 0.257 e. The predicted octanol–water partition coefficient (Wildman–Crippen LogP) is 3.41. The molecule has 24 heavy (non-hydrogen) atoms. The minimum Gasteiger partial charge on any atom is -0.332 e. The molecule has 124 valence electrons. The Bertz CT molecular complexity index is 694. The number of nitrogens with one attached hydrogen (secondary N) is 2. The van der Waals surface area contributed by atoms with E-state index in [4.69, 9.17) is 12.2 Å². The average molecular weight is 339 g/mol.